The van der Waals surface area contributed by atoms with E-state index in [1.165, 1.54) is 12.1 Å². The van der Waals surface area contributed by atoms with Gasteiger partial charge < -0.3 is 5.11 Å². The molecule has 0 atom stereocenters. The first kappa shape index (κ1) is 21.0. The normalized spacial score (nSPS) is 14.8. The van der Waals surface area contributed by atoms with E-state index in [-0.39, 0.29) is 22.8 Å². The Bertz CT molecular complexity index is 978. The predicted molar refractivity (Wildman–Crippen MR) is 111 cm³/mol. The number of carbonyl (C=O) groups excluding carboxylic acids is 1. The van der Waals surface area contributed by atoms with Gasteiger partial charge in [0.1, 0.15) is 5.75 Å². The van der Waals surface area contributed by atoms with Crippen molar-refractivity contribution in [3.05, 3.63) is 59.7 Å². The summed E-state index contributed by atoms with van der Waals surface area (Å²) in [6.45, 7) is 0.124. The summed E-state index contributed by atoms with van der Waals surface area (Å²) in [7, 11) is -3.85. The van der Waals surface area contributed by atoms with E-state index in [9.17, 15) is 18.3 Å². The molecule has 0 saturated heterocycles. The van der Waals surface area contributed by atoms with Gasteiger partial charge in [0.05, 0.1) is 10.5 Å². The van der Waals surface area contributed by atoms with E-state index >= 15 is 0 Å². The van der Waals surface area contributed by atoms with Gasteiger partial charge in [-0.1, -0.05) is 43.2 Å². The molecule has 1 amide bonds. The van der Waals surface area contributed by atoms with Crippen LogP contribution in [0.4, 0.5) is 0 Å². The van der Waals surface area contributed by atoms with Crippen LogP contribution < -0.4 is 10.1 Å². The first-order valence-electron chi connectivity index (χ1n) is 9.68. The SMILES string of the molecule is O=C(NN=C1CCCCCC1)c1cc(S(=O)(=O)NCc2ccccc2)ccc1O. The number of phenolic OH excluding ortho intramolecular Hbond substituents is 1. The Labute approximate surface area is 170 Å². The van der Waals surface area contributed by atoms with Crippen LogP contribution in [0.25, 0.3) is 0 Å². The minimum atomic E-state index is -3.85. The van der Waals surface area contributed by atoms with Crippen molar-refractivity contribution in [3.8, 4) is 5.75 Å². The Hall–Kier alpha value is -2.71. The zero-order valence-corrected chi connectivity index (χ0v) is 16.9. The monoisotopic (exact) mass is 415 g/mol. The second kappa shape index (κ2) is 9.67. The van der Waals surface area contributed by atoms with E-state index in [1.54, 1.807) is 0 Å². The molecule has 0 radical (unpaired) electrons. The summed E-state index contributed by atoms with van der Waals surface area (Å²) in [6.07, 6.45) is 6.07. The van der Waals surface area contributed by atoms with Crippen LogP contribution in [-0.4, -0.2) is 25.1 Å². The molecule has 0 unspecified atom stereocenters. The molecule has 1 saturated carbocycles. The van der Waals surface area contributed by atoms with Gasteiger partial charge in [0, 0.05) is 12.3 Å². The molecule has 0 aliphatic heterocycles. The van der Waals surface area contributed by atoms with Gasteiger partial charge in [-0.2, -0.15) is 5.10 Å². The fourth-order valence-electron chi connectivity index (χ4n) is 3.16. The molecule has 1 fully saturated rings. The number of phenols is 1. The van der Waals surface area contributed by atoms with E-state index in [1.807, 2.05) is 30.3 Å². The molecule has 1 aliphatic rings. The highest BCUT2D eigenvalue weighted by Crippen LogP contribution is 2.22. The maximum Gasteiger partial charge on any atom is 0.275 e. The molecule has 0 heterocycles. The molecule has 3 N–H and O–H groups in total. The van der Waals surface area contributed by atoms with Crippen molar-refractivity contribution < 1.29 is 18.3 Å². The first-order valence-corrected chi connectivity index (χ1v) is 11.2. The van der Waals surface area contributed by atoms with E-state index in [4.69, 9.17) is 0 Å². The number of aromatic hydroxyl groups is 1. The topological polar surface area (TPSA) is 108 Å². The summed E-state index contributed by atoms with van der Waals surface area (Å²) in [5.41, 5.74) is 4.05. The maximum absolute atomic E-state index is 12.6. The van der Waals surface area contributed by atoms with Crippen molar-refractivity contribution in [1.29, 1.82) is 0 Å². The molecular formula is C21H25N3O4S. The van der Waals surface area contributed by atoms with Crippen molar-refractivity contribution in [2.24, 2.45) is 5.10 Å². The second-order valence-corrected chi connectivity index (χ2v) is 8.79. The number of hydrogen-bond acceptors (Lipinski definition) is 5. The van der Waals surface area contributed by atoms with Gasteiger partial charge in [0.25, 0.3) is 5.91 Å². The smallest absolute Gasteiger partial charge is 0.275 e. The summed E-state index contributed by atoms with van der Waals surface area (Å²) in [5.74, 6) is -0.940. The lowest BCUT2D eigenvalue weighted by Gasteiger charge is -2.10. The second-order valence-electron chi connectivity index (χ2n) is 7.02. The third-order valence-corrected chi connectivity index (χ3v) is 6.23. The molecule has 2 aromatic rings. The van der Waals surface area contributed by atoms with Crippen molar-refractivity contribution >= 4 is 21.6 Å². The third kappa shape index (κ3) is 5.88. The van der Waals surface area contributed by atoms with Crippen molar-refractivity contribution in [2.45, 2.75) is 50.0 Å². The lowest BCUT2D eigenvalue weighted by atomic mass is 10.2. The summed E-state index contributed by atoms with van der Waals surface area (Å²) in [5, 5.41) is 14.2. The zero-order valence-electron chi connectivity index (χ0n) is 16.1. The average molecular weight is 416 g/mol. The van der Waals surface area contributed by atoms with Gasteiger partial charge in [0.15, 0.2) is 0 Å². The van der Waals surface area contributed by atoms with Gasteiger partial charge in [-0.3, -0.25) is 4.79 Å². The Morgan fingerprint density at radius 3 is 2.38 bits per heavy atom. The Morgan fingerprint density at radius 2 is 1.69 bits per heavy atom. The molecular weight excluding hydrogens is 390 g/mol. The van der Waals surface area contributed by atoms with Crippen molar-refractivity contribution in [3.63, 3.8) is 0 Å². The molecule has 0 bridgehead atoms. The van der Waals surface area contributed by atoms with Crippen LogP contribution in [0.5, 0.6) is 5.75 Å². The van der Waals surface area contributed by atoms with Crippen molar-refractivity contribution in [1.82, 2.24) is 10.1 Å². The van der Waals surface area contributed by atoms with E-state index in [0.29, 0.717) is 0 Å². The fourth-order valence-corrected chi connectivity index (χ4v) is 4.20. The summed E-state index contributed by atoms with van der Waals surface area (Å²) in [6, 6.07) is 12.7. The highest BCUT2D eigenvalue weighted by Gasteiger charge is 2.19. The number of hydrazone groups is 1. The third-order valence-electron chi connectivity index (χ3n) is 4.83. The van der Waals surface area contributed by atoms with Crippen LogP contribution in [0, 0.1) is 0 Å². The zero-order chi connectivity index (χ0) is 20.7. The summed E-state index contributed by atoms with van der Waals surface area (Å²) < 4.78 is 27.7. The molecule has 3 rings (SSSR count). The number of amides is 1. The largest absolute Gasteiger partial charge is 0.507 e. The standard InChI is InChI=1S/C21H25N3O4S/c25-20-13-12-18(29(27,28)22-15-16-8-4-3-5-9-16)14-19(20)21(26)24-23-17-10-6-1-2-7-11-17/h3-5,8-9,12-14,22,25H,1-2,6-7,10-11,15H2,(H,24,26). The maximum atomic E-state index is 12.6. The lowest BCUT2D eigenvalue weighted by Crippen LogP contribution is -2.24. The van der Waals surface area contributed by atoms with Crippen LogP contribution in [0.3, 0.4) is 0 Å². The molecule has 7 nitrogen and oxygen atoms in total. The Morgan fingerprint density at radius 1 is 1.00 bits per heavy atom. The van der Waals surface area contributed by atoms with E-state index in [2.05, 4.69) is 15.2 Å². The number of rotatable bonds is 6. The van der Waals surface area contributed by atoms with Crippen LogP contribution in [0.1, 0.15) is 54.4 Å². The number of benzene rings is 2. The van der Waals surface area contributed by atoms with Gasteiger partial charge in [-0.05, 0) is 49.4 Å². The molecule has 0 spiro atoms. The molecule has 8 heteroatoms. The van der Waals surface area contributed by atoms with Gasteiger partial charge in [0.2, 0.25) is 10.0 Å². The minimum Gasteiger partial charge on any atom is -0.507 e. The molecule has 1 aliphatic carbocycles. The first-order chi connectivity index (χ1) is 14.0. The molecule has 2 aromatic carbocycles. The summed E-state index contributed by atoms with van der Waals surface area (Å²) in [4.78, 5) is 12.4. The van der Waals surface area contributed by atoms with Gasteiger partial charge >= 0.3 is 0 Å². The van der Waals surface area contributed by atoms with Gasteiger partial charge in [-0.15, -0.1) is 0 Å². The van der Waals surface area contributed by atoms with Crippen molar-refractivity contribution in [2.75, 3.05) is 0 Å². The van der Waals surface area contributed by atoms with Crippen LogP contribution in [0.2, 0.25) is 0 Å². The number of carbonyl (C=O) groups is 1. The van der Waals surface area contributed by atoms with Crippen LogP contribution in [0.15, 0.2) is 58.5 Å². The predicted octanol–water partition coefficient (Wildman–Crippen LogP) is 3.31. The summed E-state index contributed by atoms with van der Waals surface area (Å²) >= 11 is 0. The minimum absolute atomic E-state index is 0.0986. The quantitative estimate of drug-likeness (QED) is 0.497. The lowest BCUT2D eigenvalue weighted by molar-refractivity contribution is 0.0951. The van der Waals surface area contributed by atoms with Crippen LogP contribution in [-0.2, 0) is 16.6 Å². The Kier molecular flexibility index (Phi) is 7.00. The number of nitrogens with zero attached hydrogens (tertiary/aromatic N) is 1. The van der Waals surface area contributed by atoms with E-state index in [0.717, 1.165) is 55.9 Å². The Balaban J connectivity index is 1.72. The highest BCUT2D eigenvalue weighted by atomic mass is 32.2. The van der Waals surface area contributed by atoms with Gasteiger partial charge in [-0.25, -0.2) is 18.6 Å². The average Bonchev–Trinajstić information content (AvgIpc) is 3.00. The van der Waals surface area contributed by atoms with E-state index < -0.39 is 15.9 Å². The molecule has 0 aromatic heterocycles. The fraction of sp³-hybridized carbons (Fsp3) is 0.333. The number of sulfonamides is 1. The molecule has 29 heavy (non-hydrogen) atoms. The van der Waals surface area contributed by atoms with Crippen LogP contribution >= 0.6 is 0 Å². The highest BCUT2D eigenvalue weighted by molar-refractivity contribution is 7.89. The number of hydrogen-bond donors (Lipinski definition) is 3. The number of nitrogens with one attached hydrogen (secondary N) is 2. The molecule has 154 valence electrons.